The molecule has 0 bridgehead atoms. The Hall–Kier alpha value is -2.31. The minimum atomic E-state index is -4.17. The highest BCUT2D eigenvalue weighted by molar-refractivity contribution is 7.71. The quantitative estimate of drug-likeness (QED) is 0.254. The summed E-state index contributed by atoms with van der Waals surface area (Å²) in [4.78, 5) is 0. The van der Waals surface area contributed by atoms with Crippen molar-refractivity contribution in [2.45, 2.75) is 32.2 Å². The molecule has 12 heteroatoms. The Bertz CT molecular complexity index is 1080. The molecule has 0 amide bonds. The van der Waals surface area contributed by atoms with E-state index in [9.17, 15) is 26.3 Å². The zero-order chi connectivity index (χ0) is 24.9. The van der Waals surface area contributed by atoms with Crippen molar-refractivity contribution >= 4 is 36.7 Å². The van der Waals surface area contributed by atoms with Gasteiger partial charge in [0.05, 0.1) is 13.1 Å². The summed E-state index contributed by atoms with van der Waals surface area (Å²) < 4.78 is 76.9. The molecule has 0 aliphatic rings. The van der Waals surface area contributed by atoms with Gasteiger partial charge in [0.15, 0.2) is 0 Å². The first-order valence-corrected chi connectivity index (χ1v) is 10.6. The lowest BCUT2D eigenvalue weighted by Crippen LogP contribution is -2.17. The summed E-state index contributed by atoms with van der Waals surface area (Å²) in [5, 5.41) is 0. The molecule has 0 radical (unpaired) electrons. The van der Waals surface area contributed by atoms with E-state index < -0.39 is 19.1 Å². The van der Waals surface area contributed by atoms with Gasteiger partial charge in [0.1, 0.15) is 13.2 Å². The summed E-state index contributed by atoms with van der Waals surface area (Å²) in [6, 6.07) is 9.73. The number of alkyl halides is 6. The molecule has 3 nitrogen and oxygen atoms in total. The molecule has 0 spiro atoms. The number of aromatic nitrogens is 3. The lowest BCUT2D eigenvalue weighted by molar-refractivity contribution is -0.140. The number of halogens is 6. The van der Waals surface area contributed by atoms with Crippen LogP contribution < -0.4 is 0 Å². The minimum absolute atomic E-state index is 0.268. The molecule has 0 saturated carbocycles. The average Bonchev–Trinajstić information content (AvgIpc) is 2.73. The molecule has 3 heterocycles. The predicted octanol–water partition coefficient (Wildman–Crippen LogP) is 7.45. The molecule has 33 heavy (non-hydrogen) atoms. The highest BCUT2D eigenvalue weighted by Gasteiger charge is 2.26. The highest BCUT2D eigenvalue weighted by Crippen LogP contribution is 2.16. The van der Waals surface area contributed by atoms with Gasteiger partial charge < -0.3 is 13.7 Å². The van der Waals surface area contributed by atoms with Crippen LogP contribution in [-0.4, -0.2) is 33.0 Å². The van der Waals surface area contributed by atoms with Gasteiger partial charge in [0, 0.05) is 50.7 Å². The minimum Gasteiger partial charge on any atom is -0.352 e. The molecule has 0 aliphatic heterocycles. The summed E-state index contributed by atoms with van der Waals surface area (Å²) in [5.74, 6) is 0. The number of pyridine rings is 3. The van der Waals surface area contributed by atoms with E-state index >= 15 is 0 Å². The van der Waals surface area contributed by atoms with Crippen LogP contribution in [0.5, 0.6) is 0 Å². The van der Waals surface area contributed by atoms with Crippen molar-refractivity contribution in [2.75, 3.05) is 6.67 Å². The fourth-order valence-corrected chi connectivity index (χ4v) is 2.54. The monoisotopic (exact) mass is 525 g/mol. The van der Waals surface area contributed by atoms with Crippen LogP contribution >= 0.6 is 36.7 Å². The normalized spacial score (nSPS) is 10.6. The van der Waals surface area contributed by atoms with Crippen molar-refractivity contribution < 1.29 is 26.3 Å². The summed E-state index contributed by atoms with van der Waals surface area (Å²) in [7, 11) is 0. The topological polar surface area (TPSA) is 14.8 Å². The van der Waals surface area contributed by atoms with Crippen LogP contribution in [0.2, 0.25) is 0 Å². The summed E-state index contributed by atoms with van der Waals surface area (Å²) >= 11 is 14.4. The Morgan fingerprint density at radius 1 is 0.667 bits per heavy atom. The van der Waals surface area contributed by atoms with E-state index in [1.165, 1.54) is 29.1 Å². The Morgan fingerprint density at radius 2 is 1.03 bits per heavy atom. The third-order valence-electron chi connectivity index (χ3n) is 3.64. The van der Waals surface area contributed by atoms with E-state index in [4.69, 9.17) is 36.7 Å². The largest absolute Gasteiger partial charge is 0.406 e. The average molecular weight is 526 g/mol. The number of rotatable bonds is 5. The van der Waals surface area contributed by atoms with Crippen molar-refractivity contribution in [3.8, 4) is 0 Å². The number of hydrogen-bond donors (Lipinski definition) is 0. The molecule has 3 rings (SSSR count). The van der Waals surface area contributed by atoms with Gasteiger partial charge in [-0.2, -0.15) is 13.2 Å². The van der Waals surface area contributed by atoms with Crippen molar-refractivity contribution in [1.82, 2.24) is 13.7 Å². The summed E-state index contributed by atoms with van der Waals surface area (Å²) in [6.07, 6.45) is 2.81. The maximum Gasteiger partial charge on any atom is 0.406 e. The number of aryl methyl sites for hydroxylation is 1. The second-order valence-electron chi connectivity index (χ2n) is 6.40. The molecule has 3 aromatic rings. The molecule has 0 fully saturated rings. The third kappa shape index (κ3) is 14.5. The second kappa shape index (κ2) is 14.8. The number of nitrogens with zero attached hydrogens (tertiary/aromatic N) is 3. The lowest BCUT2D eigenvalue weighted by atomic mass is 10.4. The van der Waals surface area contributed by atoms with Gasteiger partial charge >= 0.3 is 6.18 Å². The molecule has 180 valence electrons. The molecule has 0 unspecified atom stereocenters. The van der Waals surface area contributed by atoms with E-state index in [-0.39, 0.29) is 13.2 Å². The smallest absolute Gasteiger partial charge is 0.352 e. The Kier molecular flexibility index (Phi) is 12.8. The van der Waals surface area contributed by atoms with Crippen molar-refractivity contribution in [2.24, 2.45) is 0 Å². The van der Waals surface area contributed by atoms with Crippen LogP contribution in [0, 0.1) is 13.5 Å². The first-order valence-electron chi connectivity index (χ1n) is 9.37. The Labute approximate surface area is 202 Å². The van der Waals surface area contributed by atoms with E-state index in [2.05, 4.69) is 0 Å². The maximum atomic E-state index is 11.8. The van der Waals surface area contributed by atoms with Crippen LogP contribution in [0.25, 0.3) is 0 Å². The second-order valence-corrected chi connectivity index (χ2v) is 7.82. The third-order valence-corrected chi connectivity index (χ3v) is 4.45. The van der Waals surface area contributed by atoms with Gasteiger partial charge in [-0.15, -0.1) is 0 Å². The van der Waals surface area contributed by atoms with Crippen molar-refractivity contribution in [1.29, 1.82) is 0 Å². The molecule has 0 aliphatic carbocycles. The van der Waals surface area contributed by atoms with E-state index in [1.807, 2.05) is 0 Å². The van der Waals surface area contributed by atoms with Crippen molar-refractivity contribution in [3.05, 3.63) is 87.1 Å². The first-order chi connectivity index (χ1) is 15.5. The predicted molar refractivity (Wildman–Crippen MR) is 124 cm³/mol. The zero-order valence-corrected chi connectivity index (χ0v) is 19.6. The lowest BCUT2D eigenvalue weighted by Gasteiger charge is -2.08. The fraction of sp³-hybridized carbons (Fsp3) is 0.286. The van der Waals surface area contributed by atoms with Gasteiger partial charge in [0.2, 0.25) is 0 Å². The van der Waals surface area contributed by atoms with Crippen LogP contribution in [0.3, 0.4) is 0 Å². The van der Waals surface area contributed by atoms with Crippen LogP contribution in [0.1, 0.15) is 0 Å². The van der Waals surface area contributed by atoms with Gasteiger partial charge in [-0.1, -0.05) is 36.7 Å². The van der Waals surface area contributed by atoms with Crippen molar-refractivity contribution in [3.63, 3.8) is 0 Å². The Balaban J connectivity index is 0.000000249. The van der Waals surface area contributed by atoms with E-state index in [0.717, 1.165) is 9.08 Å². The number of hydrogen-bond acceptors (Lipinski definition) is 3. The van der Waals surface area contributed by atoms with E-state index in [1.54, 1.807) is 53.6 Å². The van der Waals surface area contributed by atoms with Gasteiger partial charge in [-0.05, 0) is 36.4 Å². The van der Waals surface area contributed by atoms with Gasteiger partial charge in [-0.3, -0.25) is 0 Å². The van der Waals surface area contributed by atoms with E-state index in [0.29, 0.717) is 15.6 Å². The molecule has 0 aromatic carbocycles. The van der Waals surface area contributed by atoms with Gasteiger partial charge in [-0.25, -0.2) is 13.2 Å². The SMILES string of the molecule is FC(F)(F)Cn1ccc(=S)cc1.FC(F)Cn1ccc(=S)cc1.FCCn1ccc(=S)cc1. The highest BCUT2D eigenvalue weighted by atomic mass is 32.1. The summed E-state index contributed by atoms with van der Waals surface area (Å²) in [6.45, 7) is -1.16. The van der Waals surface area contributed by atoms with Gasteiger partial charge in [0.25, 0.3) is 6.43 Å². The molecule has 0 atom stereocenters. The summed E-state index contributed by atoms with van der Waals surface area (Å²) in [5.41, 5.74) is 0. The van der Waals surface area contributed by atoms with Crippen LogP contribution in [-0.2, 0) is 19.6 Å². The molecule has 0 N–H and O–H groups in total. The Morgan fingerprint density at radius 3 is 1.36 bits per heavy atom. The zero-order valence-electron chi connectivity index (χ0n) is 17.2. The standard InChI is InChI=1S/C7H6F3NS.C7H7F2NS.C7H8FNS/c8-7(9,10)5-11-3-1-6(12)2-4-11;8-7(9)5-10-3-1-6(11)2-4-10;8-3-6-9-4-1-7(10)2-5-9/h1-4H,5H2;1-4,7H,5H2;1-2,4-5H,3,6H2. The first kappa shape index (κ1) is 28.7. The molecule has 0 saturated heterocycles. The maximum absolute atomic E-state index is 11.8. The van der Waals surface area contributed by atoms with Crippen LogP contribution in [0.4, 0.5) is 26.3 Å². The molecular formula is C21H21F6N3S3. The molecule has 3 aromatic heterocycles. The fourth-order valence-electron chi connectivity index (χ4n) is 2.17. The molecular weight excluding hydrogens is 504 g/mol. The van der Waals surface area contributed by atoms with Crippen LogP contribution in [0.15, 0.2) is 73.6 Å².